The highest BCUT2D eigenvalue weighted by Crippen LogP contribution is 2.44. The molecular formula is C63H35N3OS. The van der Waals surface area contributed by atoms with Crippen molar-refractivity contribution >= 4 is 136 Å². The molecule has 14 aromatic rings. The highest BCUT2D eigenvalue weighted by atomic mass is 32.1. The third-order valence-corrected chi connectivity index (χ3v) is 15.1. The second-order valence-electron chi connectivity index (χ2n) is 17.7. The van der Waals surface area contributed by atoms with Crippen molar-refractivity contribution in [1.29, 1.82) is 0 Å². The topological polar surface area (TPSA) is 42.8 Å². The zero-order valence-electron chi connectivity index (χ0n) is 36.4. The molecule has 5 heteroatoms. The first-order valence-electron chi connectivity index (χ1n) is 23.0. The van der Waals surface area contributed by atoms with E-state index in [1.807, 2.05) is 23.5 Å². The number of rotatable bonds is 4. The normalized spacial score (nSPS) is 13.3. The summed E-state index contributed by atoms with van der Waals surface area (Å²) >= 11 is 1.82. The Morgan fingerprint density at radius 1 is 0.412 bits per heavy atom. The van der Waals surface area contributed by atoms with Gasteiger partial charge in [-0.15, -0.1) is 11.3 Å². The van der Waals surface area contributed by atoms with Crippen molar-refractivity contribution in [2.45, 2.75) is 0 Å². The molecule has 0 saturated heterocycles. The van der Waals surface area contributed by atoms with Crippen LogP contribution in [0.25, 0.3) is 118 Å². The number of para-hydroxylation sites is 2. The van der Waals surface area contributed by atoms with Crippen molar-refractivity contribution in [3.05, 3.63) is 235 Å². The number of hydrogen-bond acceptors (Lipinski definition) is 4. The predicted octanol–water partition coefficient (Wildman–Crippen LogP) is 17.1. The summed E-state index contributed by atoms with van der Waals surface area (Å²) in [6.45, 7) is 0. The Morgan fingerprint density at radius 2 is 1.10 bits per heavy atom. The lowest BCUT2D eigenvalue weighted by Crippen LogP contribution is -2.06. The molecule has 1 aliphatic heterocycles. The maximum atomic E-state index is 6.65. The minimum absolute atomic E-state index is 0.610. The first kappa shape index (κ1) is 37.4. The molecule has 3 aromatic heterocycles. The van der Waals surface area contributed by atoms with Crippen LogP contribution >= 0.6 is 11.3 Å². The number of aromatic nitrogens is 1. The molecule has 4 heterocycles. The number of aliphatic imine (C=N–C) groups is 2. The van der Waals surface area contributed by atoms with Crippen molar-refractivity contribution in [2.75, 3.05) is 0 Å². The monoisotopic (exact) mass is 881 g/mol. The van der Waals surface area contributed by atoms with Gasteiger partial charge in [0.1, 0.15) is 16.9 Å². The van der Waals surface area contributed by atoms with E-state index < -0.39 is 0 Å². The number of nitrogens with zero attached hydrogens (tertiary/aromatic N) is 3. The third kappa shape index (κ3) is 5.49. The van der Waals surface area contributed by atoms with Gasteiger partial charge in [0.25, 0.3) is 0 Å². The summed E-state index contributed by atoms with van der Waals surface area (Å²) in [5, 5.41) is 16.4. The largest absolute Gasteiger partial charge is 0.455 e. The van der Waals surface area contributed by atoms with E-state index in [0.29, 0.717) is 11.5 Å². The van der Waals surface area contributed by atoms with Gasteiger partial charge in [0.2, 0.25) is 0 Å². The molecular weight excluding hydrogens is 847 g/mol. The van der Waals surface area contributed by atoms with E-state index in [1.165, 1.54) is 52.5 Å². The molecule has 15 rings (SSSR count). The molecule has 0 atom stereocenters. The van der Waals surface area contributed by atoms with Crippen LogP contribution in [0, 0.1) is 0 Å². The summed E-state index contributed by atoms with van der Waals surface area (Å²) in [6.07, 6.45) is 2.05. The number of fused-ring (bicyclic) bond motifs is 15. The van der Waals surface area contributed by atoms with E-state index in [4.69, 9.17) is 14.4 Å². The number of amidine groups is 1. The van der Waals surface area contributed by atoms with Gasteiger partial charge in [-0.2, -0.15) is 0 Å². The van der Waals surface area contributed by atoms with Gasteiger partial charge >= 0.3 is 0 Å². The third-order valence-electron chi connectivity index (χ3n) is 14.0. The molecule has 314 valence electrons. The summed E-state index contributed by atoms with van der Waals surface area (Å²) in [7, 11) is 0. The molecule has 0 saturated carbocycles. The van der Waals surface area contributed by atoms with Gasteiger partial charge in [0.05, 0.1) is 22.3 Å². The maximum Gasteiger partial charge on any atom is 0.161 e. The van der Waals surface area contributed by atoms with Crippen molar-refractivity contribution in [1.82, 2.24) is 4.57 Å². The average molecular weight is 882 g/mol. The Hall–Kier alpha value is -8.86. The van der Waals surface area contributed by atoms with Crippen LogP contribution in [0.2, 0.25) is 0 Å². The molecule has 0 fully saturated rings. The van der Waals surface area contributed by atoms with Gasteiger partial charge in [-0.25, -0.2) is 9.98 Å². The summed E-state index contributed by atoms with van der Waals surface area (Å²) in [4.78, 5) is 11.3. The standard InChI is InChI=1S/C63H35N3OS/c1-2-16-39-34-56-52(32-38(39)15-1)60-43-19-6-3-14-37(43)28-31-55(60)66(56)41-35-51(61-49-23-10-12-27-58(49)68-59(61)36-41)54-30-29-53(48-25-13-24-47-46-22-9-11-26-57(46)67-62(47)48)64-63(65-54)50-33-40-17-4-5-18-42(40)44-20-7-8-21-45(44)50/h1-28,30-36H. The second-order valence-corrected chi connectivity index (χ2v) is 18.8. The van der Waals surface area contributed by atoms with E-state index in [2.05, 4.69) is 210 Å². The molecule has 0 aliphatic carbocycles. The molecule has 0 amide bonds. The van der Waals surface area contributed by atoms with Crippen LogP contribution in [0.4, 0.5) is 0 Å². The number of benzene rings is 11. The van der Waals surface area contributed by atoms with E-state index in [1.54, 1.807) is 0 Å². The van der Waals surface area contributed by atoms with Gasteiger partial charge in [-0.05, 0) is 97.7 Å². The Morgan fingerprint density at radius 3 is 1.97 bits per heavy atom. The Kier molecular flexibility index (Phi) is 7.87. The molecule has 0 unspecified atom stereocenters. The number of furan rings is 1. The molecule has 0 N–H and O–H groups in total. The molecule has 4 nitrogen and oxygen atoms in total. The van der Waals surface area contributed by atoms with Gasteiger partial charge in [-0.1, -0.05) is 157 Å². The van der Waals surface area contributed by atoms with Crippen LogP contribution in [0.1, 0.15) is 16.7 Å². The summed E-state index contributed by atoms with van der Waals surface area (Å²) in [5.74, 6) is 0.610. The van der Waals surface area contributed by atoms with Crippen LogP contribution in [0.5, 0.6) is 0 Å². The van der Waals surface area contributed by atoms with Crippen molar-refractivity contribution in [3.8, 4) is 5.69 Å². The minimum Gasteiger partial charge on any atom is -0.455 e. The fourth-order valence-electron chi connectivity index (χ4n) is 10.9. The highest BCUT2D eigenvalue weighted by molar-refractivity contribution is 7.26. The molecule has 0 bridgehead atoms. The molecule has 1 aliphatic rings. The summed E-state index contributed by atoms with van der Waals surface area (Å²) in [5.41, 5.74) is 13.0. The number of hydrogen-bond donors (Lipinski definition) is 0. The van der Waals surface area contributed by atoms with E-state index >= 15 is 0 Å². The van der Waals surface area contributed by atoms with Crippen LogP contribution in [-0.4, -0.2) is 16.1 Å². The fraction of sp³-hybridized carbons (Fsp3) is 0. The number of allylic oxidation sites excluding steroid dienone is 1. The Bertz CT molecular complexity index is 4670. The smallest absolute Gasteiger partial charge is 0.161 e. The van der Waals surface area contributed by atoms with Crippen LogP contribution in [0.3, 0.4) is 0 Å². The SMILES string of the molecule is C1=CC(c2cc(-n3c4cc5ccccc5cc4c4c5ccccc5ccc43)cc3sc4ccccc4c23)=NC(c2cc3ccccc3c3ccccc23)=NC=1c1cccc2c1oc1ccccc12. The predicted molar refractivity (Wildman–Crippen MR) is 288 cm³/mol. The van der Waals surface area contributed by atoms with Crippen LogP contribution in [0.15, 0.2) is 232 Å². The lowest BCUT2D eigenvalue weighted by molar-refractivity contribution is 0.667. The first-order chi connectivity index (χ1) is 33.7. The number of thiophene rings is 1. The van der Waals surface area contributed by atoms with Crippen molar-refractivity contribution < 1.29 is 4.42 Å². The second kappa shape index (κ2) is 14.3. The molecule has 11 aromatic carbocycles. The van der Waals surface area contributed by atoms with Crippen molar-refractivity contribution in [3.63, 3.8) is 0 Å². The van der Waals surface area contributed by atoms with Crippen LogP contribution < -0.4 is 0 Å². The van der Waals surface area contributed by atoms with Gasteiger partial charge < -0.3 is 8.98 Å². The quantitative estimate of drug-likeness (QED) is 0.128. The molecule has 0 spiro atoms. The van der Waals surface area contributed by atoms with E-state index in [9.17, 15) is 0 Å². The van der Waals surface area contributed by atoms with Crippen molar-refractivity contribution in [2.24, 2.45) is 9.98 Å². The van der Waals surface area contributed by atoms with Crippen LogP contribution in [-0.2, 0) is 0 Å². The van der Waals surface area contributed by atoms with Gasteiger partial charge in [0, 0.05) is 64.6 Å². The Balaban J connectivity index is 1.06. The minimum atomic E-state index is 0.610. The maximum absolute atomic E-state index is 6.65. The summed E-state index contributed by atoms with van der Waals surface area (Å²) in [6, 6.07) is 74.2. The van der Waals surface area contributed by atoms with E-state index in [-0.39, 0.29) is 0 Å². The molecule has 68 heavy (non-hydrogen) atoms. The van der Waals surface area contributed by atoms with Gasteiger partial charge in [-0.3, -0.25) is 0 Å². The molecule has 0 radical (unpaired) electrons. The first-order valence-corrected chi connectivity index (χ1v) is 23.8. The summed E-state index contributed by atoms with van der Waals surface area (Å²) < 4.78 is 11.5. The average Bonchev–Trinajstić information content (AvgIpc) is 4.01. The van der Waals surface area contributed by atoms with E-state index in [0.717, 1.165) is 82.6 Å². The zero-order chi connectivity index (χ0) is 44.5. The Labute approximate surface area is 393 Å². The lowest BCUT2D eigenvalue weighted by Gasteiger charge is -2.14. The lowest BCUT2D eigenvalue weighted by atomic mass is 9.96. The highest BCUT2D eigenvalue weighted by Gasteiger charge is 2.23. The zero-order valence-corrected chi connectivity index (χ0v) is 37.2. The fourth-order valence-corrected chi connectivity index (χ4v) is 12.1. The van der Waals surface area contributed by atoms with Gasteiger partial charge in [0.15, 0.2) is 5.84 Å².